The number of hydrogen-bond donors (Lipinski definition) is 2. The average Bonchev–Trinajstić information content (AvgIpc) is 2.43. The molecule has 1 heterocycles. The third-order valence-electron chi connectivity index (χ3n) is 1.84. The van der Waals surface area contributed by atoms with Crippen molar-refractivity contribution in [2.75, 3.05) is 0 Å². The molecule has 0 aliphatic carbocycles. The van der Waals surface area contributed by atoms with Crippen LogP contribution in [0.15, 0.2) is 18.2 Å². The Morgan fingerprint density at radius 1 is 1.43 bits per heavy atom. The highest BCUT2D eigenvalue weighted by atomic mass is 127. The van der Waals surface area contributed by atoms with Gasteiger partial charge in [-0.3, -0.25) is 0 Å². The number of thiophene rings is 1. The molecule has 2 N–H and O–H groups in total. The number of benzene rings is 1. The SMILES string of the molecule is O=C(O)c1c(I)ccc2cc(O)sc12. The minimum absolute atomic E-state index is 0.143. The summed E-state index contributed by atoms with van der Waals surface area (Å²) in [4.78, 5) is 11.0. The minimum atomic E-state index is -0.957. The standard InChI is InChI=1S/C9H5IO3S/c10-5-2-1-4-3-6(11)14-8(4)7(5)9(12)13/h1-3,11H,(H,12,13). The zero-order valence-corrected chi connectivity index (χ0v) is 9.79. The van der Waals surface area contributed by atoms with E-state index >= 15 is 0 Å². The van der Waals surface area contributed by atoms with Gasteiger partial charge in [-0.15, -0.1) is 0 Å². The van der Waals surface area contributed by atoms with Crippen molar-refractivity contribution >= 4 is 50.0 Å². The number of rotatable bonds is 1. The molecule has 0 aliphatic rings. The third kappa shape index (κ3) is 1.46. The summed E-state index contributed by atoms with van der Waals surface area (Å²) < 4.78 is 1.31. The number of carboxylic acids is 1. The number of fused-ring (bicyclic) bond motifs is 1. The molecule has 14 heavy (non-hydrogen) atoms. The first-order chi connectivity index (χ1) is 6.59. The van der Waals surface area contributed by atoms with E-state index in [1.54, 1.807) is 18.2 Å². The van der Waals surface area contributed by atoms with Crippen molar-refractivity contribution in [3.05, 3.63) is 27.3 Å². The highest BCUT2D eigenvalue weighted by Gasteiger charge is 2.15. The van der Waals surface area contributed by atoms with Crippen LogP contribution < -0.4 is 0 Å². The summed E-state index contributed by atoms with van der Waals surface area (Å²) in [5.74, 6) is -0.957. The van der Waals surface area contributed by atoms with Crippen LogP contribution in [-0.2, 0) is 0 Å². The summed E-state index contributed by atoms with van der Waals surface area (Å²) in [5, 5.41) is 19.2. The lowest BCUT2D eigenvalue weighted by atomic mass is 10.2. The predicted octanol–water partition coefficient (Wildman–Crippen LogP) is 2.91. The first kappa shape index (κ1) is 9.72. The Bertz CT molecular complexity index is 518. The summed E-state index contributed by atoms with van der Waals surface area (Å²) in [6.45, 7) is 0. The first-order valence-corrected chi connectivity index (χ1v) is 5.63. The third-order valence-corrected chi connectivity index (χ3v) is 3.71. The van der Waals surface area contributed by atoms with Crippen LogP contribution in [0.1, 0.15) is 10.4 Å². The van der Waals surface area contributed by atoms with E-state index in [9.17, 15) is 9.90 Å². The van der Waals surface area contributed by atoms with Crippen LogP contribution in [0, 0.1) is 3.57 Å². The molecule has 0 aliphatic heterocycles. The van der Waals surface area contributed by atoms with Gasteiger partial charge in [-0.1, -0.05) is 17.4 Å². The van der Waals surface area contributed by atoms with E-state index in [0.717, 1.165) is 16.7 Å². The molecule has 0 saturated heterocycles. The number of carbonyl (C=O) groups is 1. The van der Waals surface area contributed by atoms with Crippen LogP contribution in [0.25, 0.3) is 10.1 Å². The maximum Gasteiger partial charge on any atom is 0.338 e. The molecule has 1 aromatic heterocycles. The van der Waals surface area contributed by atoms with Crippen LogP contribution in [0.2, 0.25) is 0 Å². The van der Waals surface area contributed by atoms with Crippen molar-refractivity contribution in [2.45, 2.75) is 0 Å². The summed E-state index contributed by atoms with van der Waals surface area (Å²) in [5.41, 5.74) is 0.272. The van der Waals surface area contributed by atoms with Gasteiger partial charge in [0.15, 0.2) is 5.06 Å². The topological polar surface area (TPSA) is 57.5 Å². The van der Waals surface area contributed by atoms with Gasteiger partial charge in [0.25, 0.3) is 0 Å². The molecule has 5 heteroatoms. The maximum atomic E-state index is 11.0. The van der Waals surface area contributed by atoms with Gasteiger partial charge in [0.2, 0.25) is 0 Å². The summed E-state index contributed by atoms with van der Waals surface area (Å²) >= 11 is 3.07. The first-order valence-electron chi connectivity index (χ1n) is 3.74. The smallest absolute Gasteiger partial charge is 0.338 e. The van der Waals surface area contributed by atoms with E-state index in [2.05, 4.69) is 0 Å². The van der Waals surface area contributed by atoms with Crippen molar-refractivity contribution < 1.29 is 15.0 Å². The van der Waals surface area contributed by atoms with Gasteiger partial charge in [-0.25, -0.2) is 4.79 Å². The molecule has 0 bridgehead atoms. The molecule has 0 saturated carbocycles. The fourth-order valence-electron chi connectivity index (χ4n) is 1.26. The lowest BCUT2D eigenvalue weighted by molar-refractivity contribution is 0.0698. The summed E-state index contributed by atoms with van der Waals surface area (Å²) in [7, 11) is 0. The molecule has 0 radical (unpaired) electrons. The predicted molar refractivity (Wildman–Crippen MR) is 63.2 cm³/mol. The van der Waals surface area contributed by atoms with Crippen molar-refractivity contribution in [3.63, 3.8) is 0 Å². The summed E-state index contributed by atoms with van der Waals surface area (Å²) in [6, 6.07) is 5.11. The van der Waals surface area contributed by atoms with Crippen molar-refractivity contribution in [3.8, 4) is 5.06 Å². The van der Waals surface area contributed by atoms with Crippen molar-refractivity contribution in [1.82, 2.24) is 0 Å². The highest BCUT2D eigenvalue weighted by molar-refractivity contribution is 14.1. The molecule has 1 aromatic carbocycles. The molecular weight excluding hydrogens is 315 g/mol. The van der Waals surface area contributed by atoms with E-state index in [0.29, 0.717) is 8.27 Å². The normalized spacial score (nSPS) is 10.6. The maximum absolute atomic E-state index is 11.0. The second-order valence-electron chi connectivity index (χ2n) is 2.73. The van der Waals surface area contributed by atoms with Gasteiger partial charge in [-0.05, 0) is 40.1 Å². The van der Waals surface area contributed by atoms with E-state index < -0.39 is 5.97 Å². The van der Waals surface area contributed by atoms with Gasteiger partial charge in [0, 0.05) is 3.57 Å². The molecule has 2 rings (SSSR count). The number of hydrogen-bond acceptors (Lipinski definition) is 3. The Morgan fingerprint density at radius 2 is 2.14 bits per heavy atom. The Morgan fingerprint density at radius 3 is 2.79 bits per heavy atom. The fraction of sp³-hybridized carbons (Fsp3) is 0. The van der Waals surface area contributed by atoms with Crippen molar-refractivity contribution in [2.24, 2.45) is 0 Å². The molecule has 0 fully saturated rings. The van der Waals surface area contributed by atoms with Gasteiger partial charge in [0.05, 0.1) is 10.3 Å². The van der Waals surface area contributed by atoms with Gasteiger partial charge >= 0.3 is 5.97 Å². The highest BCUT2D eigenvalue weighted by Crippen LogP contribution is 2.34. The number of carboxylic acid groups (broad SMARTS) is 1. The lowest BCUT2D eigenvalue weighted by Gasteiger charge is -1.99. The molecule has 0 amide bonds. The Hall–Kier alpha value is -0.820. The van der Waals surface area contributed by atoms with Crippen LogP contribution in [-0.4, -0.2) is 16.2 Å². The van der Waals surface area contributed by atoms with E-state index in [1.807, 2.05) is 22.6 Å². The summed E-state index contributed by atoms with van der Waals surface area (Å²) in [6.07, 6.45) is 0. The van der Waals surface area contributed by atoms with Gasteiger partial charge in [-0.2, -0.15) is 0 Å². The zero-order valence-electron chi connectivity index (χ0n) is 6.82. The molecule has 0 atom stereocenters. The monoisotopic (exact) mass is 320 g/mol. The van der Waals surface area contributed by atoms with Crippen molar-refractivity contribution in [1.29, 1.82) is 0 Å². The second-order valence-corrected chi connectivity index (χ2v) is 4.92. The molecule has 72 valence electrons. The Balaban J connectivity index is 2.88. The Kier molecular flexibility index (Phi) is 2.36. The van der Waals surface area contributed by atoms with Gasteiger partial charge in [0.1, 0.15) is 0 Å². The van der Waals surface area contributed by atoms with Crippen LogP contribution in [0.3, 0.4) is 0 Å². The number of aromatic hydroxyl groups is 1. The number of halogens is 1. The quantitative estimate of drug-likeness (QED) is 0.795. The lowest BCUT2D eigenvalue weighted by Crippen LogP contribution is -1.99. The molecule has 3 nitrogen and oxygen atoms in total. The number of aromatic carboxylic acids is 1. The van der Waals surface area contributed by atoms with E-state index in [1.165, 1.54) is 0 Å². The second kappa shape index (κ2) is 3.39. The molecule has 2 aromatic rings. The van der Waals surface area contributed by atoms with Gasteiger partial charge < -0.3 is 10.2 Å². The minimum Gasteiger partial charge on any atom is -0.499 e. The zero-order chi connectivity index (χ0) is 10.3. The molecule has 0 unspecified atom stereocenters. The largest absolute Gasteiger partial charge is 0.499 e. The fourth-order valence-corrected chi connectivity index (χ4v) is 3.07. The van der Waals surface area contributed by atoms with Crippen LogP contribution >= 0.6 is 33.9 Å². The van der Waals surface area contributed by atoms with E-state index in [-0.39, 0.29) is 10.6 Å². The van der Waals surface area contributed by atoms with Crippen LogP contribution in [0.4, 0.5) is 0 Å². The molecule has 0 spiro atoms. The van der Waals surface area contributed by atoms with Crippen LogP contribution in [0.5, 0.6) is 5.06 Å². The Labute approximate surface area is 97.1 Å². The van der Waals surface area contributed by atoms with E-state index in [4.69, 9.17) is 5.11 Å². The average molecular weight is 320 g/mol. The molecular formula is C9H5IO3S.